The molecule has 2 aromatic carbocycles. The molecule has 1 aromatic heterocycles. The SMILES string of the molecule is CCOCCn1c(=NC(=O)Cc2ccc(S(C)(=O)=O)cc2)sc2cc(Br)ccc21. The van der Waals surface area contributed by atoms with Gasteiger partial charge in [-0.3, -0.25) is 4.79 Å². The molecule has 0 aliphatic rings. The van der Waals surface area contributed by atoms with Gasteiger partial charge in [-0.25, -0.2) is 8.42 Å². The van der Waals surface area contributed by atoms with Crippen LogP contribution in [0.2, 0.25) is 0 Å². The van der Waals surface area contributed by atoms with E-state index in [-0.39, 0.29) is 17.2 Å². The van der Waals surface area contributed by atoms with Gasteiger partial charge in [-0.15, -0.1) is 0 Å². The first-order valence-corrected chi connectivity index (χ1v) is 12.5. The Labute approximate surface area is 181 Å². The second-order valence-electron chi connectivity index (χ2n) is 6.44. The van der Waals surface area contributed by atoms with Crippen LogP contribution in [0.1, 0.15) is 12.5 Å². The molecular weight excluding hydrogens is 476 g/mol. The normalized spacial score (nSPS) is 12.6. The summed E-state index contributed by atoms with van der Waals surface area (Å²) in [6, 6.07) is 12.3. The predicted octanol–water partition coefficient (Wildman–Crippen LogP) is 3.58. The van der Waals surface area contributed by atoms with E-state index < -0.39 is 9.84 Å². The lowest BCUT2D eigenvalue weighted by Crippen LogP contribution is -2.20. The molecule has 0 spiro atoms. The van der Waals surface area contributed by atoms with Crippen molar-refractivity contribution in [1.29, 1.82) is 0 Å². The van der Waals surface area contributed by atoms with E-state index in [0.29, 0.717) is 24.6 Å². The number of hydrogen-bond donors (Lipinski definition) is 0. The quantitative estimate of drug-likeness (QED) is 0.468. The summed E-state index contributed by atoms with van der Waals surface area (Å²) in [4.78, 5) is 17.7. The second-order valence-corrected chi connectivity index (χ2v) is 10.4. The summed E-state index contributed by atoms with van der Waals surface area (Å²) in [5, 5.41) is 0. The molecule has 1 amide bonds. The van der Waals surface area contributed by atoms with E-state index in [1.807, 2.05) is 29.7 Å². The number of nitrogens with zero attached hydrogens (tertiary/aromatic N) is 2. The van der Waals surface area contributed by atoms with E-state index in [2.05, 4.69) is 20.9 Å². The molecule has 1 heterocycles. The lowest BCUT2D eigenvalue weighted by atomic mass is 10.1. The Bertz CT molecular complexity index is 1200. The van der Waals surface area contributed by atoms with Crippen molar-refractivity contribution >= 4 is 53.2 Å². The fourth-order valence-electron chi connectivity index (χ4n) is 2.82. The summed E-state index contributed by atoms with van der Waals surface area (Å²) in [6.07, 6.45) is 1.26. The molecular formula is C20H21BrN2O4S2. The van der Waals surface area contributed by atoms with E-state index in [1.165, 1.54) is 23.5 Å². The van der Waals surface area contributed by atoms with Crippen LogP contribution in [0.25, 0.3) is 10.2 Å². The van der Waals surface area contributed by atoms with Crippen molar-refractivity contribution in [3.8, 4) is 0 Å². The third-order valence-electron chi connectivity index (χ3n) is 4.24. The molecule has 3 aromatic rings. The van der Waals surface area contributed by atoms with E-state index in [9.17, 15) is 13.2 Å². The number of halogens is 1. The first-order valence-electron chi connectivity index (χ1n) is 9.01. The molecule has 3 rings (SSSR count). The Kier molecular flexibility index (Phi) is 7.05. The van der Waals surface area contributed by atoms with Crippen molar-refractivity contribution in [2.45, 2.75) is 24.8 Å². The van der Waals surface area contributed by atoms with Crippen molar-refractivity contribution in [2.24, 2.45) is 4.99 Å². The molecule has 0 bridgehead atoms. The van der Waals surface area contributed by atoms with Gasteiger partial charge in [0.25, 0.3) is 5.91 Å². The van der Waals surface area contributed by atoms with Gasteiger partial charge < -0.3 is 9.30 Å². The van der Waals surface area contributed by atoms with Crippen LogP contribution in [0.3, 0.4) is 0 Å². The van der Waals surface area contributed by atoms with Crippen LogP contribution < -0.4 is 4.80 Å². The number of benzene rings is 2. The van der Waals surface area contributed by atoms with Crippen LogP contribution in [0.15, 0.2) is 56.8 Å². The van der Waals surface area contributed by atoms with Crippen LogP contribution in [0.5, 0.6) is 0 Å². The highest BCUT2D eigenvalue weighted by Crippen LogP contribution is 2.22. The van der Waals surface area contributed by atoms with Gasteiger partial charge in [-0.05, 0) is 42.8 Å². The maximum Gasteiger partial charge on any atom is 0.252 e. The van der Waals surface area contributed by atoms with Gasteiger partial charge in [0.1, 0.15) is 0 Å². The molecule has 0 unspecified atom stereocenters. The van der Waals surface area contributed by atoms with E-state index in [0.717, 1.165) is 26.5 Å². The monoisotopic (exact) mass is 496 g/mol. The first-order chi connectivity index (χ1) is 13.8. The number of rotatable bonds is 7. The minimum Gasteiger partial charge on any atom is -0.380 e. The zero-order chi connectivity index (χ0) is 21.0. The Morgan fingerprint density at radius 2 is 1.93 bits per heavy atom. The minimum absolute atomic E-state index is 0.105. The number of carbonyl (C=O) groups is 1. The molecule has 6 nitrogen and oxygen atoms in total. The van der Waals surface area contributed by atoms with Crippen LogP contribution in [-0.4, -0.2) is 38.4 Å². The number of ether oxygens (including phenoxy) is 1. The zero-order valence-electron chi connectivity index (χ0n) is 16.1. The fraction of sp³-hybridized carbons (Fsp3) is 0.300. The highest BCUT2D eigenvalue weighted by atomic mass is 79.9. The van der Waals surface area contributed by atoms with E-state index >= 15 is 0 Å². The molecule has 0 aliphatic carbocycles. The van der Waals surface area contributed by atoms with Crippen molar-refractivity contribution in [3.63, 3.8) is 0 Å². The average Bonchev–Trinajstić information content (AvgIpc) is 2.97. The fourth-order valence-corrected chi connectivity index (χ4v) is 5.08. The molecule has 0 atom stereocenters. The van der Waals surface area contributed by atoms with Crippen molar-refractivity contribution < 1.29 is 17.9 Å². The molecule has 0 aliphatic heterocycles. The number of amides is 1. The summed E-state index contributed by atoms with van der Waals surface area (Å²) in [5.74, 6) is -0.284. The molecule has 29 heavy (non-hydrogen) atoms. The summed E-state index contributed by atoms with van der Waals surface area (Å²) in [5.41, 5.74) is 1.72. The first kappa shape index (κ1) is 21.9. The largest absolute Gasteiger partial charge is 0.380 e. The summed E-state index contributed by atoms with van der Waals surface area (Å²) >= 11 is 4.93. The molecule has 9 heteroatoms. The highest BCUT2D eigenvalue weighted by molar-refractivity contribution is 9.10. The minimum atomic E-state index is -3.26. The topological polar surface area (TPSA) is 77.7 Å². The van der Waals surface area contributed by atoms with Crippen molar-refractivity contribution in [3.05, 3.63) is 57.3 Å². The van der Waals surface area contributed by atoms with Crippen LogP contribution in [0, 0.1) is 0 Å². The standard InChI is InChI=1S/C20H21BrN2O4S2/c1-3-27-11-10-23-17-9-6-15(21)13-18(17)28-20(23)22-19(24)12-14-4-7-16(8-5-14)29(2,25)26/h4-9,13H,3,10-12H2,1-2H3. The van der Waals surface area contributed by atoms with E-state index in [4.69, 9.17) is 4.74 Å². The van der Waals surface area contributed by atoms with Gasteiger partial charge in [-0.1, -0.05) is 39.4 Å². The molecule has 0 N–H and O–H groups in total. The third-order valence-corrected chi connectivity index (χ3v) is 6.90. The molecule has 154 valence electrons. The Hall–Kier alpha value is -1.81. The highest BCUT2D eigenvalue weighted by Gasteiger charge is 2.11. The Balaban J connectivity index is 1.89. The van der Waals surface area contributed by atoms with Gasteiger partial charge in [0, 0.05) is 23.9 Å². The number of sulfone groups is 1. The number of fused-ring (bicyclic) bond motifs is 1. The van der Waals surface area contributed by atoms with Gasteiger partial charge in [0.05, 0.1) is 28.1 Å². The van der Waals surface area contributed by atoms with Gasteiger partial charge in [-0.2, -0.15) is 4.99 Å². The maximum absolute atomic E-state index is 12.6. The number of carbonyl (C=O) groups excluding carboxylic acids is 1. The third kappa shape index (κ3) is 5.63. The van der Waals surface area contributed by atoms with E-state index in [1.54, 1.807) is 12.1 Å². The van der Waals surface area contributed by atoms with Crippen LogP contribution in [-0.2, 0) is 32.3 Å². The number of thiazole rings is 1. The maximum atomic E-state index is 12.6. The smallest absolute Gasteiger partial charge is 0.252 e. The molecule has 0 saturated heterocycles. The molecule has 0 saturated carbocycles. The zero-order valence-corrected chi connectivity index (χ0v) is 19.3. The lowest BCUT2D eigenvalue weighted by Gasteiger charge is -2.05. The second kappa shape index (κ2) is 9.34. The predicted molar refractivity (Wildman–Crippen MR) is 118 cm³/mol. The Morgan fingerprint density at radius 1 is 1.21 bits per heavy atom. The summed E-state index contributed by atoms with van der Waals surface area (Å²) < 4.78 is 32.6. The Morgan fingerprint density at radius 3 is 2.59 bits per heavy atom. The lowest BCUT2D eigenvalue weighted by molar-refractivity contribution is -0.117. The van der Waals surface area contributed by atoms with Crippen molar-refractivity contribution in [2.75, 3.05) is 19.5 Å². The average molecular weight is 497 g/mol. The van der Waals surface area contributed by atoms with Gasteiger partial charge >= 0.3 is 0 Å². The van der Waals surface area contributed by atoms with Crippen molar-refractivity contribution in [1.82, 2.24) is 4.57 Å². The van der Waals surface area contributed by atoms with Gasteiger partial charge in [0.15, 0.2) is 14.6 Å². The molecule has 0 radical (unpaired) electrons. The summed E-state index contributed by atoms with van der Waals surface area (Å²) in [6.45, 7) is 3.71. The van der Waals surface area contributed by atoms with Crippen LogP contribution >= 0.6 is 27.3 Å². The summed E-state index contributed by atoms with van der Waals surface area (Å²) in [7, 11) is -3.26. The van der Waals surface area contributed by atoms with Crippen LogP contribution in [0.4, 0.5) is 0 Å². The number of hydrogen-bond acceptors (Lipinski definition) is 5. The number of aromatic nitrogens is 1. The molecule has 0 fully saturated rings. The van der Waals surface area contributed by atoms with Gasteiger partial charge in [0.2, 0.25) is 0 Å².